The highest BCUT2D eigenvalue weighted by Gasteiger charge is 2.26. The first-order chi connectivity index (χ1) is 7.38. The highest BCUT2D eigenvalue weighted by Crippen LogP contribution is 2.25. The lowest BCUT2D eigenvalue weighted by Gasteiger charge is -2.19. The van der Waals surface area contributed by atoms with Gasteiger partial charge in [0.15, 0.2) is 0 Å². The standard InChI is InChI=1S/C12H26N2S/c1-3-14(12-6-7-12)10-9-13-8-5-11-15-4-2/h12-13H,3-11H2,1-2H3. The molecule has 1 N–H and O–H groups in total. The second-order valence-electron chi connectivity index (χ2n) is 4.16. The van der Waals surface area contributed by atoms with E-state index in [9.17, 15) is 0 Å². The third-order valence-electron chi connectivity index (χ3n) is 2.89. The molecular formula is C12H26N2S. The zero-order valence-electron chi connectivity index (χ0n) is 10.3. The van der Waals surface area contributed by atoms with Gasteiger partial charge in [-0.15, -0.1) is 0 Å². The average molecular weight is 230 g/mol. The van der Waals surface area contributed by atoms with E-state index in [1.165, 1.54) is 56.9 Å². The molecule has 90 valence electrons. The molecule has 1 aliphatic carbocycles. The van der Waals surface area contributed by atoms with Gasteiger partial charge in [0.1, 0.15) is 0 Å². The van der Waals surface area contributed by atoms with E-state index in [1.54, 1.807) is 0 Å². The summed E-state index contributed by atoms with van der Waals surface area (Å²) in [6, 6.07) is 0.924. The highest BCUT2D eigenvalue weighted by atomic mass is 32.2. The Morgan fingerprint density at radius 1 is 1.27 bits per heavy atom. The Hall–Kier alpha value is 0.270. The van der Waals surface area contributed by atoms with Gasteiger partial charge in [-0.2, -0.15) is 11.8 Å². The van der Waals surface area contributed by atoms with Gasteiger partial charge in [0, 0.05) is 19.1 Å². The molecule has 0 aromatic heterocycles. The number of hydrogen-bond acceptors (Lipinski definition) is 3. The second-order valence-corrected chi connectivity index (χ2v) is 5.55. The van der Waals surface area contributed by atoms with Gasteiger partial charge in [0.05, 0.1) is 0 Å². The summed E-state index contributed by atoms with van der Waals surface area (Å²) >= 11 is 2.04. The lowest BCUT2D eigenvalue weighted by molar-refractivity contribution is 0.277. The van der Waals surface area contributed by atoms with Gasteiger partial charge in [-0.1, -0.05) is 13.8 Å². The van der Waals surface area contributed by atoms with Crippen molar-refractivity contribution in [1.29, 1.82) is 0 Å². The Bertz CT molecular complexity index is 149. The highest BCUT2D eigenvalue weighted by molar-refractivity contribution is 7.99. The summed E-state index contributed by atoms with van der Waals surface area (Å²) in [6.07, 6.45) is 4.18. The molecule has 0 spiro atoms. The first-order valence-corrected chi connectivity index (χ1v) is 7.56. The third kappa shape index (κ3) is 6.44. The minimum Gasteiger partial charge on any atom is -0.315 e. The second kappa shape index (κ2) is 8.43. The van der Waals surface area contributed by atoms with Gasteiger partial charge in [-0.3, -0.25) is 4.90 Å². The maximum atomic E-state index is 3.54. The van der Waals surface area contributed by atoms with Crippen LogP contribution < -0.4 is 5.32 Å². The molecule has 0 heterocycles. The van der Waals surface area contributed by atoms with E-state index in [-0.39, 0.29) is 0 Å². The SMILES string of the molecule is CCSCCCNCCN(CC)C1CC1. The Balaban J connectivity index is 1.83. The normalized spacial score (nSPS) is 16.2. The van der Waals surface area contributed by atoms with E-state index < -0.39 is 0 Å². The van der Waals surface area contributed by atoms with Crippen LogP contribution in [0, 0.1) is 0 Å². The molecule has 0 amide bonds. The number of likely N-dealkylation sites (N-methyl/N-ethyl adjacent to an activating group) is 1. The monoisotopic (exact) mass is 230 g/mol. The molecule has 0 atom stereocenters. The van der Waals surface area contributed by atoms with Crippen LogP contribution in [0.5, 0.6) is 0 Å². The van der Waals surface area contributed by atoms with Crippen LogP contribution in [0.15, 0.2) is 0 Å². The average Bonchev–Trinajstić information content (AvgIpc) is 3.06. The molecule has 15 heavy (non-hydrogen) atoms. The van der Waals surface area contributed by atoms with E-state index in [1.807, 2.05) is 11.8 Å². The molecule has 1 saturated carbocycles. The molecule has 0 unspecified atom stereocenters. The Labute approximate surface area is 99.2 Å². The van der Waals surface area contributed by atoms with Crippen molar-refractivity contribution >= 4 is 11.8 Å². The van der Waals surface area contributed by atoms with E-state index in [4.69, 9.17) is 0 Å². The van der Waals surface area contributed by atoms with E-state index in [0.29, 0.717) is 0 Å². The number of thioether (sulfide) groups is 1. The minimum atomic E-state index is 0.924. The first kappa shape index (κ1) is 13.3. The first-order valence-electron chi connectivity index (χ1n) is 6.41. The van der Waals surface area contributed by atoms with Gasteiger partial charge < -0.3 is 5.32 Å². The van der Waals surface area contributed by atoms with Crippen molar-refractivity contribution in [2.24, 2.45) is 0 Å². The summed E-state index contributed by atoms with van der Waals surface area (Å²) in [5.41, 5.74) is 0. The molecule has 1 fully saturated rings. The van der Waals surface area contributed by atoms with Crippen LogP contribution in [0.3, 0.4) is 0 Å². The molecule has 0 aromatic carbocycles. The van der Waals surface area contributed by atoms with E-state index in [0.717, 1.165) is 6.04 Å². The lowest BCUT2D eigenvalue weighted by atomic mass is 10.4. The van der Waals surface area contributed by atoms with Crippen molar-refractivity contribution < 1.29 is 0 Å². The van der Waals surface area contributed by atoms with Crippen LogP contribution in [-0.2, 0) is 0 Å². The zero-order chi connectivity index (χ0) is 10.9. The summed E-state index contributed by atoms with van der Waals surface area (Å²) < 4.78 is 0. The number of hydrogen-bond donors (Lipinski definition) is 1. The Morgan fingerprint density at radius 2 is 2.07 bits per heavy atom. The van der Waals surface area contributed by atoms with E-state index in [2.05, 4.69) is 24.1 Å². The molecule has 0 bridgehead atoms. The largest absolute Gasteiger partial charge is 0.315 e. The summed E-state index contributed by atoms with van der Waals surface area (Å²) in [7, 11) is 0. The van der Waals surface area contributed by atoms with Gasteiger partial charge in [0.25, 0.3) is 0 Å². The maximum absolute atomic E-state index is 3.54. The Kier molecular flexibility index (Phi) is 7.49. The van der Waals surface area contributed by atoms with Crippen LogP contribution in [0.1, 0.15) is 33.1 Å². The molecule has 0 aliphatic heterocycles. The molecule has 0 radical (unpaired) electrons. The molecule has 1 rings (SSSR count). The van der Waals surface area contributed by atoms with Gasteiger partial charge in [-0.05, 0) is 43.9 Å². The zero-order valence-corrected chi connectivity index (χ0v) is 11.1. The predicted octanol–water partition coefficient (Wildman–Crippen LogP) is 2.20. The van der Waals surface area contributed by atoms with Crippen LogP contribution in [0.2, 0.25) is 0 Å². The summed E-state index contributed by atoms with van der Waals surface area (Å²) in [4.78, 5) is 2.60. The number of nitrogens with one attached hydrogen (secondary N) is 1. The smallest absolute Gasteiger partial charge is 0.0110 e. The fraction of sp³-hybridized carbons (Fsp3) is 1.00. The van der Waals surface area contributed by atoms with Crippen molar-refractivity contribution in [3.05, 3.63) is 0 Å². The van der Waals surface area contributed by atoms with Crippen molar-refractivity contribution in [2.75, 3.05) is 37.7 Å². The van der Waals surface area contributed by atoms with Crippen molar-refractivity contribution in [2.45, 2.75) is 39.2 Å². The number of nitrogens with zero attached hydrogens (tertiary/aromatic N) is 1. The Morgan fingerprint density at radius 3 is 2.67 bits per heavy atom. The molecule has 1 aliphatic rings. The molecular weight excluding hydrogens is 204 g/mol. The topological polar surface area (TPSA) is 15.3 Å². The quantitative estimate of drug-likeness (QED) is 0.579. The third-order valence-corrected chi connectivity index (χ3v) is 3.88. The van der Waals surface area contributed by atoms with Crippen molar-refractivity contribution in [3.8, 4) is 0 Å². The predicted molar refractivity (Wildman–Crippen MR) is 70.8 cm³/mol. The lowest BCUT2D eigenvalue weighted by Crippen LogP contribution is -2.34. The van der Waals surface area contributed by atoms with Gasteiger partial charge >= 0.3 is 0 Å². The molecule has 2 nitrogen and oxygen atoms in total. The van der Waals surface area contributed by atoms with Crippen LogP contribution in [-0.4, -0.2) is 48.6 Å². The summed E-state index contributed by atoms with van der Waals surface area (Å²) in [6.45, 7) is 9.32. The maximum Gasteiger partial charge on any atom is 0.0110 e. The van der Waals surface area contributed by atoms with Crippen molar-refractivity contribution in [3.63, 3.8) is 0 Å². The van der Waals surface area contributed by atoms with Gasteiger partial charge in [0.2, 0.25) is 0 Å². The van der Waals surface area contributed by atoms with Crippen LogP contribution in [0.25, 0.3) is 0 Å². The molecule has 0 saturated heterocycles. The summed E-state index contributed by atoms with van der Waals surface area (Å²) in [5.74, 6) is 2.56. The minimum absolute atomic E-state index is 0.924. The summed E-state index contributed by atoms with van der Waals surface area (Å²) in [5, 5.41) is 3.54. The molecule has 3 heteroatoms. The number of rotatable bonds is 10. The van der Waals surface area contributed by atoms with Crippen LogP contribution in [0.4, 0.5) is 0 Å². The van der Waals surface area contributed by atoms with E-state index >= 15 is 0 Å². The fourth-order valence-electron chi connectivity index (χ4n) is 1.83. The fourth-order valence-corrected chi connectivity index (χ4v) is 2.47. The van der Waals surface area contributed by atoms with Gasteiger partial charge in [-0.25, -0.2) is 0 Å². The molecule has 0 aromatic rings. The van der Waals surface area contributed by atoms with Crippen molar-refractivity contribution in [1.82, 2.24) is 10.2 Å². The van der Waals surface area contributed by atoms with Crippen LogP contribution >= 0.6 is 11.8 Å².